The van der Waals surface area contributed by atoms with Gasteiger partial charge in [0.25, 0.3) is 5.56 Å². The van der Waals surface area contributed by atoms with Gasteiger partial charge in [-0.15, -0.1) is 10.2 Å². The number of nitrogens with zero attached hydrogens (tertiary/aromatic N) is 4. The molecule has 2 heterocycles. The van der Waals surface area contributed by atoms with Crippen LogP contribution >= 0.6 is 0 Å². The number of hydrogen-bond acceptors (Lipinski definition) is 5. The quantitative estimate of drug-likeness (QED) is 0.371. The molecule has 3 aromatic carbocycles. The van der Waals surface area contributed by atoms with Gasteiger partial charge in [0.15, 0.2) is 11.6 Å². The maximum absolute atomic E-state index is 13.1. The maximum atomic E-state index is 13.1. The van der Waals surface area contributed by atoms with Gasteiger partial charge in [0.05, 0.1) is 10.9 Å². The zero-order valence-electron chi connectivity index (χ0n) is 17.7. The Labute approximate surface area is 187 Å². The average Bonchev–Trinajstić information content (AvgIpc) is 3.27. The van der Waals surface area contributed by atoms with Crippen molar-refractivity contribution in [2.75, 3.05) is 0 Å². The summed E-state index contributed by atoms with van der Waals surface area (Å²) in [6.07, 6.45) is 0. The number of ketones is 1. The van der Waals surface area contributed by atoms with Gasteiger partial charge in [-0.3, -0.25) is 18.6 Å². The van der Waals surface area contributed by atoms with Crippen molar-refractivity contribution >= 4 is 22.5 Å². The van der Waals surface area contributed by atoms with Crippen molar-refractivity contribution in [2.24, 2.45) is 0 Å². The van der Waals surface area contributed by atoms with Crippen molar-refractivity contribution in [3.8, 4) is 5.75 Å². The third-order valence-corrected chi connectivity index (χ3v) is 5.48. The van der Waals surface area contributed by atoms with Crippen LogP contribution in [0.4, 0.5) is 4.39 Å². The Morgan fingerprint density at radius 1 is 0.939 bits per heavy atom. The standard InChI is InChI=1S/C25H19FN4O3/c1-2-29-24(32)20-5-3-4-6-21(20)30-22(27-28-25(29)30)15-33-19-13-9-17(10-14-19)23(31)16-7-11-18(26)12-8-16/h3-14H,2,15H2,1H3. The van der Waals surface area contributed by atoms with Crippen molar-refractivity contribution in [2.45, 2.75) is 20.1 Å². The lowest BCUT2D eigenvalue weighted by molar-refractivity contribution is 0.103. The van der Waals surface area contributed by atoms with Gasteiger partial charge >= 0.3 is 0 Å². The van der Waals surface area contributed by atoms with Gasteiger partial charge < -0.3 is 4.74 Å². The first-order valence-corrected chi connectivity index (χ1v) is 10.5. The second-order valence-corrected chi connectivity index (χ2v) is 7.47. The molecule has 0 aliphatic heterocycles. The number of hydrogen-bond donors (Lipinski definition) is 0. The summed E-state index contributed by atoms with van der Waals surface area (Å²) in [5.74, 6) is 0.972. The highest BCUT2D eigenvalue weighted by Crippen LogP contribution is 2.19. The fourth-order valence-corrected chi connectivity index (χ4v) is 3.81. The first kappa shape index (κ1) is 20.6. The maximum Gasteiger partial charge on any atom is 0.262 e. The van der Waals surface area contributed by atoms with Crippen molar-refractivity contribution < 1.29 is 13.9 Å². The molecule has 164 valence electrons. The highest BCUT2D eigenvalue weighted by atomic mass is 19.1. The zero-order chi connectivity index (χ0) is 22.9. The molecule has 5 aromatic rings. The van der Waals surface area contributed by atoms with Crippen molar-refractivity contribution in [3.63, 3.8) is 0 Å². The smallest absolute Gasteiger partial charge is 0.262 e. The van der Waals surface area contributed by atoms with E-state index in [2.05, 4.69) is 10.2 Å². The van der Waals surface area contributed by atoms with Gasteiger partial charge in [-0.2, -0.15) is 0 Å². The molecular weight excluding hydrogens is 423 g/mol. The summed E-state index contributed by atoms with van der Waals surface area (Å²) >= 11 is 0. The average molecular weight is 442 g/mol. The van der Waals surface area contributed by atoms with E-state index in [1.807, 2.05) is 29.5 Å². The lowest BCUT2D eigenvalue weighted by Crippen LogP contribution is -2.22. The fourth-order valence-electron chi connectivity index (χ4n) is 3.81. The summed E-state index contributed by atoms with van der Waals surface area (Å²) in [6.45, 7) is 2.48. The number of aryl methyl sites for hydroxylation is 1. The molecule has 0 saturated heterocycles. The number of para-hydroxylation sites is 1. The molecule has 0 aliphatic carbocycles. The van der Waals surface area contributed by atoms with Crippen LogP contribution < -0.4 is 10.3 Å². The minimum atomic E-state index is -0.389. The Morgan fingerprint density at radius 3 is 2.30 bits per heavy atom. The Kier molecular flexibility index (Phi) is 5.18. The Bertz CT molecular complexity index is 1540. The topological polar surface area (TPSA) is 78.5 Å². The molecule has 0 fully saturated rings. The van der Waals surface area contributed by atoms with Crippen LogP contribution in [-0.2, 0) is 13.2 Å². The lowest BCUT2D eigenvalue weighted by Gasteiger charge is -2.10. The van der Waals surface area contributed by atoms with Gasteiger partial charge in [0.2, 0.25) is 5.78 Å². The van der Waals surface area contributed by atoms with E-state index < -0.39 is 0 Å². The van der Waals surface area contributed by atoms with Crippen LogP contribution in [0, 0.1) is 5.82 Å². The monoisotopic (exact) mass is 442 g/mol. The first-order valence-electron chi connectivity index (χ1n) is 10.5. The molecule has 5 rings (SSSR count). The Morgan fingerprint density at radius 2 is 1.61 bits per heavy atom. The minimum Gasteiger partial charge on any atom is -0.486 e. The minimum absolute atomic E-state index is 0.109. The molecule has 0 unspecified atom stereocenters. The zero-order valence-corrected chi connectivity index (χ0v) is 17.7. The van der Waals surface area contributed by atoms with Crippen LogP contribution in [-0.4, -0.2) is 24.9 Å². The number of halogens is 1. The number of carbonyl (C=O) groups is 1. The van der Waals surface area contributed by atoms with Gasteiger partial charge in [-0.25, -0.2) is 4.39 Å². The van der Waals surface area contributed by atoms with E-state index in [4.69, 9.17) is 4.74 Å². The van der Waals surface area contributed by atoms with Gasteiger partial charge in [0, 0.05) is 17.7 Å². The molecule has 0 bridgehead atoms. The first-order chi connectivity index (χ1) is 16.1. The summed E-state index contributed by atoms with van der Waals surface area (Å²) in [7, 11) is 0. The number of carbonyl (C=O) groups excluding carboxylic acids is 1. The molecule has 7 nitrogen and oxygen atoms in total. The number of rotatable bonds is 6. The summed E-state index contributed by atoms with van der Waals surface area (Å²) in [5.41, 5.74) is 1.49. The summed E-state index contributed by atoms with van der Waals surface area (Å²) < 4.78 is 22.4. The number of fused-ring (bicyclic) bond motifs is 3. The van der Waals surface area contributed by atoms with Crippen LogP contribution in [0.3, 0.4) is 0 Å². The lowest BCUT2D eigenvalue weighted by atomic mass is 10.0. The predicted molar refractivity (Wildman–Crippen MR) is 121 cm³/mol. The van der Waals surface area contributed by atoms with Crippen LogP contribution in [0.5, 0.6) is 5.75 Å². The molecule has 2 aromatic heterocycles. The van der Waals surface area contributed by atoms with Crippen LogP contribution in [0.25, 0.3) is 16.7 Å². The van der Waals surface area contributed by atoms with Gasteiger partial charge in [0.1, 0.15) is 18.2 Å². The van der Waals surface area contributed by atoms with E-state index in [9.17, 15) is 14.0 Å². The van der Waals surface area contributed by atoms with E-state index >= 15 is 0 Å². The SMILES string of the molecule is CCn1c(=O)c2ccccc2n2c(COc3ccc(C(=O)c4ccc(F)cc4)cc3)nnc12. The number of benzene rings is 3. The third kappa shape index (κ3) is 3.65. The molecule has 8 heteroatoms. The van der Waals surface area contributed by atoms with E-state index in [1.54, 1.807) is 34.9 Å². The van der Waals surface area contributed by atoms with Crippen molar-refractivity contribution in [1.29, 1.82) is 0 Å². The highest BCUT2D eigenvalue weighted by molar-refractivity contribution is 6.09. The third-order valence-electron chi connectivity index (χ3n) is 5.48. The number of aromatic nitrogens is 4. The Hall–Kier alpha value is -4.33. The van der Waals surface area contributed by atoms with Crippen LogP contribution in [0.1, 0.15) is 28.7 Å². The van der Waals surface area contributed by atoms with E-state index in [0.717, 1.165) is 0 Å². The fraction of sp³-hybridized carbons (Fsp3) is 0.120. The molecule has 0 amide bonds. The molecule has 0 spiro atoms. The summed E-state index contributed by atoms with van der Waals surface area (Å²) in [6, 6.07) is 19.5. The molecule has 33 heavy (non-hydrogen) atoms. The highest BCUT2D eigenvalue weighted by Gasteiger charge is 2.16. The van der Waals surface area contributed by atoms with Crippen LogP contribution in [0.2, 0.25) is 0 Å². The summed E-state index contributed by atoms with van der Waals surface area (Å²) in [4.78, 5) is 25.3. The second kappa shape index (κ2) is 8.31. The normalized spacial score (nSPS) is 11.2. The van der Waals surface area contributed by atoms with E-state index in [-0.39, 0.29) is 23.8 Å². The van der Waals surface area contributed by atoms with Crippen LogP contribution in [0.15, 0.2) is 77.6 Å². The number of ether oxygens (including phenoxy) is 1. The second-order valence-electron chi connectivity index (χ2n) is 7.47. The molecule has 0 saturated carbocycles. The molecule has 0 atom stereocenters. The summed E-state index contributed by atoms with van der Waals surface area (Å²) in [5, 5.41) is 9.04. The molecule has 0 radical (unpaired) electrons. The van der Waals surface area contributed by atoms with Crippen molar-refractivity contribution in [3.05, 3.63) is 106 Å². The largest absolute Gasteiger partial charge is 0.486 e. The van der Waals surface area contributed by atoms with E-state index in [0.29, 0.717) is 45.9 Å². The predicted octanol–water partition coefficient (Wildman–Crippen LogP) is 4.01. The van der Waals surface area contributed by atoms with Gasteiger partial charge in [-0.05, 0) is 67.6 Å². The van der Waals surface area contributed by atoms with E-state index in [1.165, 1.54) is 24.3 Å². The van der Waals surface area contributed by atoms with Gasteiger partial charge in [-0.1, -0.05) is 12.1 Å². The van der Waals surface area contributed by atoms with Crippen molar-refractivity contribution in [1.82, 2.24) is 19.2 Å². The molecule has 0 N–H and O–H groups in total. The molecule has 0 aliphatic rings. The Balaban J connectivity index is 1.41. The molecular formula is C25H19FN4O3.